The number of hydrogen-bond donors (Lipinski definition) is 3. The van der Waals surface area contributed by atoms with E-state index in [9.17, 15) is 13.2 Å². The van der Waals surface area contributed by atoms with Crippen LogP contribution in [0.3, 0.4) is 0 Å². The SMILES string of the molecule is N=C(N)n1cc(C2CC2)c(OCC2(C(F)(F)F)CCCC2)cc1=N. The van der Waals surface area contributed by atoms with Gasteiger partial charge in [0.05, 0.1) is 5.41 Å². The molecule has 0 atom stereocenters. The van der Waals surface area contributed by atoms with E-state index in [0.717, 1.165) is 18.4 Å². The van der Waals surface area contributed by atoms with E-state index in [-0.39, 0.29) is 30.2 Å². The van der Waals surface area contributed by atoms with Gasteiger partial charge in [0.2, 0.25) is 0 Å². The molecule has 4 N–H and O–H groups in total. The highest BCUT2D eigenvalue weighted by Crippen LogP contribution is 2.51. The average Bonchev–Trinajstić information content (AvgIpc) is 3.21. The number of ether oxygens (including phenoxy) is 1. The van der Waals surface area contributed by atoms with Gasteiger partial charge in [-0.2, -0.15) is 13.2 Å². The molecule has 0 aromatic carbocycles. The summed E-state index contributed by atoms with van der Waals surface area (Å²) in [4.78, 5) is 0. The second-order valence-electron chi connectivity index (χ2n) is 6.78. The first-order chi connectivity index (χ1) is 11.2. The van der Waals surface area contributed by atoms with Crippen molar-refractivity contribution in [3.63, 3.8) is 0 Å². The molecule has 0 unspecified atom stereocenters. The van der Waals surface area contributed by atoms with Gasteiger partial charge in [0, 0.05) is 17.8 Å². The second kappa shape index (κ2) is 5.82. The molecule has 1 aromatic rings. The monoisotopic (exact) mass is 342 g/mol. The summed E-state index contributed by atoms with van der Waals surface area (Å²) in [6.07, 6.45) is 0.397. The van der Waals surface area contributed by atoms with Crippen molar-refractivity contribution in [3.05, 3.63) is 23.3 Å². The van der Waals surface area contributed by atoms with Gasteiger partial charge < -0.3 is 10.5 Å². The van der Waals surface area contributed by atoms with Gasteiger partial charge in [0.15, 0.2) is 5.96 Å². The molecule has 5 nitrogen and oxygen atoms in total. The van der Waals surface area contributed by atoms with E-state index in [1.807, 2.05) is 0 Å². The van der Waals surface area contributed by atoms with Crippen LogP contribution >= 0.6 is 0 Å². The molecule has 0 bridgehead atoms. The Balaban J connectivity index is 1.88. The van der Waals surface area contributed by atoms with Crippen LogP contribution in [0.4, 0.5) is 13.2 Å². The van der Waals surface area contributed by atoms with Gasteiger partial charge >= 0.3 is 6.18 Å². The third-order valence-electron chi connectivity index (χ3n) is 5.02. The lowest BCUT2D eigenvalue weighted by molar-refractivity contribution is -0.230. The first kappa shape index (κ1) is 16.9. The summed E-state index contributed by atoms with van der Waals surface area (Å²) in [6, 6.07) is 1.37. The lowest BCUT2D eigenvalue weighted by Crippen LogP contribution is -2.41. The van der Waals surface area contributed by atoms with Crippen molar-refractivity contribution >= 4 is 5.96 Å². The Morgan fingerprint density at radius 3 is 2.46 bits per heavy atom. The topological polar surface area (TPSA) is 87.9 Å². The fraction of sp³-hybridized carbons (Fsp3) is 0.625. The van der Waals surface area contributed by atoms with Crippen LogP contribution in [-0.2, 0) is 0 Å². The van der Waals surface area contributed by atoms with E-state index in [0.29, 0.717) is 18.6 Å². The van der Waals surface area contributed by atoms with Crippen LogP contribution in [0.1, 0.15) is 50.0 Å². The van der Waals surface area contributed by atoms with E-state index in [1.54, 1.807) is 6.20 Å². The Morgan fingerprint density at radius 1 is 1.33 bits per heavy atom. The third-order valence-corrected chi connectivity index (χ3v) is 5.02. The summed E-state index contributed by atoms with van der Waals surface area (Å²) in [5.74, 6) is 0.225. The van der Waals surface area contributed by atoms with Gasteiger partial charge in [-0.3, -0.25) is 15.4 Å². The van der Waals surface area contributed by atoms with Crippen molar-refractivity contribution in [2.24, 2.45) is 11.1 Å². The zero-order valence-corrected chi connectivity index (χ0v) is 13.2. The van der Waals surface area contributed by atoms with Crippen LogP contribution in [0.5, 0.6) is 5.75 Å². The molecule has 0 aliphatic heterocycles. The minimum atomic E-state index is -4.29. The van der Waals surface area contributed by atoms with Crippen LogP contribution < -0.4 is 16.0 Å². The Morgan fingerprint density at radius 2 is 1.96 bits per heavy atom. The molecule has 3 rings (SSSR count). The predicted molar refractivity (Wildman–Crippen MR) is 82.0 cm³/mol. The summed E-state index contributed by atoms with van der Waals surface area (Å²) in [6.45, 7) is -0.417. The van der Waals surface area contributed by atoms with Crippen molar-refractivity contribution in [2.75, 3.05) is 6.61 Å². The molecule has 1 heterocycles. The number of halogens is 3. The molecule has 2 aliphatic carbocycles. The van der Waals surface area contributed by atoms with E-state index in [4.69, 9.17) is 21.3 Å². The van der Waals surface area contributed by atoms with Gasteiger partial charge in [0.25, 0.3) is 0 Å². The molecule has 0 amide bonds. The molecule has 0 saturated heterocycles. The minimum Gasteiger partial charge on any atom is -0.492 e. The highest BCUT2D eigenvalue weighted by Gasteiger charge is 2.56. The maximum atomic E-state index is 13.5. The molecule has 2 aliphatic rings. The fourth-order valence-corrected chi connectivity index (χ4v) is 3.35. The largest absolute Gasteiger partial charge is 0.492 e. The van der Waals surface area contributed by atoms with E-state index in [1.165, 1.54) is 10.6 Å². The maximum Gasteiger partial charge on any atom is 0.397 e. The van der Waals surface area contributed by atoms with Crippen LogP contribution in [0.15, 0.2) is 12.3 Å². The molecule has 0 spiro atoms. The number of nitrogens with two attached hydrogens (primary N) is 1. The lowest BCUT2D eigenvalue weighted by atomic mass is 9.86. The zero-order chi connectivity index (χ0) is 17.5. The van der Waals surface area contributed by atoms with Crippen molar-refractivity contribution in [2.45, 2.75) is 50.6 Å². The predicted octanol–water partition coefficient (Wildman–Crippen LogP) is 3.09. The van der Waals surface area contributed by atoms with Gasteiger partial charge in [-0.1, -0.05) is 12.8 Å². The summed E-state index contributed by atoms with van der Waals surface area (Å²) < 4.78 is 47.2. The third kappa shape index (κ3) is 3.01. The van der Waals surface area contributed by atoms with Gasteiger partial charge in [-0.05, 0) is 31.6 Å². The van der Waals surface area contributed by atoms with E-state index < -0.39 is 18.2 Å². The highest BCUT2D eigenvalue weighted by molar-refractivity contribution is 5.77. The Kier molecular flexibility index (Phi) is 4.09. The zero-order valence-electron chi connectivity index (χ0n) is 13.2. The summed E-state index contributed by atoms with van der Waals surface area (Å²) >= 11 is 0. The fourth-order valence-electron chi connectivity index (χ4n) is 3.35. The van der Waals surface area contributed by atoms with Crippen LogP contribution in [0, 0.1) is 16.2 Å². The van der Waals surface area contributed by atoms with Crippen LogP contribution in [0.2, 0.25) is 0 Å². The molecule has 0 radical (unpaired) electrons. The molecule has 24 heavy (non-hydrogen) atoms. The van der Waals surface area contributed by atoms with Crippen molar-refractivity contribution in [1.29, 1.82) is 10.8 Å². The summed E-state index contributed by atoms with van der Waals surface area (Å²) in [5.41, 5.74) is 4.31. The standard InChI is InChI=1S/C16H21F3N4O/c17-16(18,19)15(5-1-2-6-15)9-24-12-7-13(20)23(14(21)22)8-11(12)10-3-4-10/h7-8,10,20H,1-6,9H2,(H3,21,22). The van der Waals surface area contributed by atoms with E-state index in [2.05, 4.69) is 0 Å². The Bertz CT molecular complexity index is 700. The smallest absolute Gasteiger partial charge is 0.397 e. The van der Waals surface area contributed by atoms with Gasteiger partial charge in [-0.15, -0.1) is 0 Å². The number of nitrogens with zero attached hydrogens (tertiary/aromatic N) is 1. The van der Waals surface area contributed by atoms with Crippen molar-refractivity contribution in [3.8, 4) is 5.75 Å². The highest BCUT2D eigenvalue weighted by atomic mass is 19.4. The first-order valence-corrected chi connectivity index (χ1v) is 8.09. The molecular weight excluding hydrogens is 321 g/mol. The van der Waals surface area contributed by atoms with Gasteiger partial charge in [-0.25, -0.2) is 0 Å². The van der Waals surface area contributed by atoms with Crippen molar-refractivity contribution in [1.82, 2.24) is 4.57 Å². The molecule has 2 saturated carbocycles. The molecule has 1 aromatic heterocycles. The second-order valence-corrected chi connectivity index (χ2v) is 6.78. The normalized spacial score (nSPS) is 20.1. The number of alkyl halides is 3. The van der Waals surface area contributed by atoms with Crippen molar-refractivity contribution < 1.29 is 17.9 Å². The van der Waals surface area contributed by atoms with Crippen LogP contribution in [-0.4, -0.2) is 23.3 Å². The van der Waals surface area contributed by atoms with Crippen LogP contribution in [0.25, 0.3) is 0 Å². The number of nitrogens with one attached hydrogen (secondary N) is 2. The average molecular weight is 342 g/mol. The molecule has 8 heteroatoms. The number of nitrogen functional groups attached to an aromatic ring is 1. The molecule has 132 valence electrons. The number of aromatic nitrogens is 1. The summed E-state index contributed by atoms with van der Waals surface area (Å²) in [7, 11) is 0. The maximum absolute atomic E-state index is 13.5. The summed E-state index contributed by atoms with van der Waals surface area (Å²) in [5, 5.41) is 15.4. The number of pyridine rings is 1. The van der Waals surface area contributed by atoms with Gasteiger partial charge in [0.1, 0.15) is 17.8 Å². The number of hydrogen-bond acceptors (Lipinski definition) is 3. The molecular formula is C16H21F3N4O. The minimum absolute atomic E-state index is 0.0746. The Labute approximate surface area is 137 Å². The Hall–Kier alpha value is -1.99. The number of rotatable bonds is 4. The quantitative estimate of drug-likeness (QED) is 0.580. The first-order valence-electron chi connectivity index (χ1n) is 8.09. The lowest BCUT2D eigenvalue weighted by Gasteiger charge is -2.31. The van der Waals surface area contributed by atoms with E-state index >= 15 is 0 Å². The molecule has 2 fully saturated rings.